The highest BCUT2D eigenvalue weighted by Crippen LogP contribution is 2.24. The van der Waals surface area contributed by atoms with E-state index in [4.69, 9.17) is 4.52 Å². The molecular weight excluding hydrogens is 256 g/mol. The van der Waals surface area contributed by atoms with E-state index in [1.54, 1.807) is 19.3 Å². The van der Waals surface area contributed by atoms with Crippen LogP contribution in [0.15, 0.2) is 35.1 Å². The van der Waals surface area contributed by atoms with Gasteiger partial charge in [-0.15, -0.1) is 0 Å². The van der Waals surface area contributed by atoms with Crippen molar-refractivity contribution in [3.63, 3.8) is 0 Å². The second kappa shape index (κ2) is 5.12. The molecule has 0 aromatic carbocycles. The Balaban J connectivity index is 1.85. The average Bonchev–Trinajstić information content (AvgIpc) is 3.06. The monoisotopic (exact) mass is 270 g/mol. The first-order chi connectivity index (χ1) is 9.74. The third-order valence-corrected chi connectivity index (χ3v) is 2.93. The lowest BCUT2D eigenvalue weighted by Gasteiger charge is -2.08. The van der Waals surface area contributed by atoms with Gasteiger partial charge in [0.2, 0.25) is 0 Å². The Bertz CT molecular complexity index is 717. The first-order valence-electron chi connectivity index (χ1n) is 6.20. The van der Waals surface area contributed by atoms with Crippen molar-refractivity contribution in [1.29, 1.82) is 0 Å². The van der Waals surface area contributed by atoms with E-state index in [1.807, 2.05) is 29.9 Å². The van der Waals surface area contributed by atoms with Crippen LogP contribution in [0.25, 0.3) is 11.5 Å². The number of pyridine rings is 1. The van der Waals surface area contributed by atoms with Crippen molar-refractivity contribution in [2.45, 2.75) is 13.5 Å². The molecule has 0 unspecified atom stereocenters. The fraction of sp³-hybridized carbons (Fsp3) is 0.231. The molecule has 0 bridgehead atoms. The first-order valence-corrected chi connectivity index (χ1v) is 6.20. The Hall–Kier alpha value is -2.70. The van der Waals surface area contributed by atoms with Gasteiger partial charge in [0.25, 0.3) is 5.89 Å². The summed E-state index contributed by atoms with van der Waals surface area (Å²) in [5.41, 5.74) is 1.85. The quantitative estimate of drug-likeness (QED) is 0.778. The Kier molecular flexibility index (Phi) is 3.16. The van der Waals surface area contributed by atoms with Crippen LogP contribution < -0.4 is 5.32 Å². The van der Waals surface area contributed by atoms with Crippen molar-refractivity contribution in [1.82, 2.24) is 24.9 Å². The molecule has 0 aliphatic carbocycles. The topological polar surface area (TPSA) is 81.7 Å². The summed E-state index contributed by atoms with van der Waals surface area (Å²) < 4.78 is 7.01. The van der Waals surface area contributed by atoms with E-state index in [0.717, 1.165) is 11.3 Å². The van der Waals surface area contributed by atoms with Gasteiger partial charge in [0.05, 0.1) is 17.8 Å². The molecule has 0 aliphatic rings. The number of rotatable bonds is 4. The van der Waals surface area contributed by atoms with E-state index in [1.165, 1.54) is 0 Å². The fourth-order valence-corrected chi connectivity index (χ4v) is 1.87. The maximum absolute atomic E-state index is 5.19. The summed E-state index contributed by atoms with van der Waals surface area (Å²) in [6.45, 7) is 2.40. The smallest absolute Gasteiger partial charge is 0.261 e. The number of aromatic nitrogens is 5. The van der Waals surface area contributed by atoms with E-state index in [0.29, 0.717) is 24.1 Å². The van der Waals surface area contributed by atoms with Crippen LogP contribution >= 0.6 is 0 Å². The van der Waals surface area contributed by atoms with E-state index >= 15 is 0 Å². The molecular formula is C13H14N6O. The predicted octanol–water partition coefficient (Wildman–Crippen LogP) is 1.79. The maximum atomic E-state index is 5.19. The highest BCUT2D eigenvalue weighted by atomic mass is 16.5. The molecule has 0 radical (unpaired) electrons. The molecule has 7 heteroatoms. The number of aryl methyl sites for hydroxylation is 2. The molecule has 3 aromatic rings. The molecule has 102 valence electrons. The lowest BCUT2D eigenvalue weighted by Crippen LogP contribution is -2.07. The molecule has 0 aliphatic heterocycles. The van der Waals surface area contributed by atoms with Gasteiger partial charge < -0.3 is 9.84 Å². The van der Waals surface area contributed by atoms with Gasteiger partial charge in [-0.2, -0.15) is 10.1 Å². The summed E-state index contributed by atoms with van der Waals surface area (Å²) in [6.07, 6.45) is 3.48. The zero-order valence-electron chi connectivity index (χ0n) is 11.2. The van der Waals surface area contributed by atoms with E-state index in [2.05, 4.69) is 25.5 Å². The SMILES string of the molecule is Cc1noc(-c2cccnc2NCc2ccnn2C)n1. The third kappa shape index (κ3) is 2.37. The standard InChI is InChI=1S/C13H14N6O/c1-9-17-13(20-18-9)11-4-3-6-14-12(11)15-8-10-5-7-16-19(10)2/h3-7H,8H2,1-2H3,(H,14,15). The summed E-state index contributed by atoms with van der Waals surface area (Å²) in [7, 11) is 1.90. The van der Waals surface area contributed by atoms with Crippen LogP contribution in [0.1, 0.15) is 11.5 Å². The molecule has 20 heavy (non-hydrogen) atoms. The van der Waals surface area contributed by atoms with Crippen molar-refractivity contribution in [2.75, 3.05) is 5.32 Å². The molecule has 0 saturated heterocycles. The Labute approximate surface area is 115 Å². The van der Waals surface area contributed by atoms with Crippen molar-refractivity contribution in [3.8, 4) is 11.5 Å². The van der Waals surface area contributed by atoms with Crippen molar-refractivity contribution < 1.29 is 4.52 Å². The predicted molar refractivity (Wildman–Crippen MR) is 72.8 cm³/mol. The van der Waals surface area contributed by atoms with Crippen molar-refractivity contribution >= 4 is 5.82 Å². The number of anilines is 1. The molecule has 0 fully saturated rings. The van der Waals surface area contributed by atoms with Gasteiger partial charge in [0, 0.05) is 19.4 Å². The summed E-state index contributed by atoms with van der Waals surface area (Å²) in [6, 6.07) is 5.68. The van der Waals surface area contributed by atoms with Gasteiger partial charge in [0.1, 0.15) is 5.82 Å². The zero-order valence-corrected chi connectivity index (χ0v) is 11.2. The third-order valence-electron chi connectivity index (χ3n) is 2.93. The van der Waals surface area contributed by atoms with Crippen LogP contribution in [0.3, 0.4) is 0 Å². The largest absolute Gasteiger partial charge is 0.364 e. The maximum Gasteiger partial charge on any atom is 0.261 e. The summed E-state index contributed by atoms with van der Waals surface area (Å²) in [5, 5.41) is 11.2. The van der Waals surface area contributed by atoms with Crippen LogP contribution in [0.5, 0.6) is 0 Å². The molecule has 3 rings (SSSR count). The van der Waals surface area contributed by atoms with Crippen LogP contribution in [-0.2, 0) is 13.6 Å². The van der Waals surface area contributed by atoms with Gasteiger partial charge in [-0.3, -0.25) is 4.68 Å². The second-order valence-electron chi connectivity index (χ2n) is 4.35. The van der Waals surface area contributed by atoms with Gasteiger partial charge in [-0.1, -0.05) is 5.16 Å². The highest BCUT2D eigenvalue weighted by Gasteiger charge is 2.12. The van der Waals surface area contributed by atoms with Gasteiger partial charge in [-0.25, -0.2) is 4.98 Å². The fourth-order valence-electron chi connectivity index (χ4n) is 1.87. The number of hydrogen-bond acceptors (Lipinski definition) is 6. The molecule has 3 aromatic heterocycles. The van der Waals surface area contributed by atoms with E-state index in [9.17, 15) is 0 Å². The number of hydrogen-bond donors (Lipinski definition) is 1. The van der Waals surface area contributed by atoms with Crippen LogP contribution in [0.2, 0.25) is 0 Å². The van der Waals surface area contributed by atoms with Crippen LogP contribution in [0.4, 0.5) is 5.82 Å². The van der Waals surface area contributed by atoms with Crippen molar-refractivity contribution in [2.24, 2.45) is 7.05 Å². The number of nitrogens with one attached hydrogen (secondary N) is 1. The van der Waals surface area contributed by atoms with Gasteiger partial charge >= 0.3 is 0 Å². The minimum Gasteiger partial charge on any atom is -0.364 e. The lowest BCUT2D eigenvalue weighted by molar-refractivity contribution is 0.425. The Morgan fingerprint density at radius 3 is 2.90 bits per heavy atom. The molecule has 0 amide bonds. The van der Waals surface area contributed by atoms with Gasteiger partial charge in [0.15, 0.2) is 5.82 Å². The highest BCUT2D eigenvalue weighted by molar-refractivity contribution is 5.68. The molecule has 3 heterocycles. The minimum atomic E-state index is 0.461. The zero-order chi connectivity index (χ0) is 13.9. The normalized spacial score (nSPS) is 10.7. The Morgan fingerprint density at radius 2 is 2.20 bits per heavy atom. The molecule has 7 nitrogen and oxygen atoms in total. The summed E-state index contributed by atoms with van der Waals surface area (Å²) in [4.78, 5) is 8.55. The lowest BCUT2D eigenvalue weighted by atomic mass is 10.2. The average molecular weight is 270 g/mol. The van der Waals surface area contributed by atoms with E-state index < -0.39 is 0 Å². The summed E-state index contributed by atoms with van der Waals surface area (Å²) >= 11 is 0. The summed E-state index contributed by atoms with van der Waals surface area (Å²) in [5.74, 6) is 1.77. The van der Waals surface area contributed by atoms with Crippen LogP contribution in [-0.4, -0.2) is 24.9 Å². The second-order valence-corrected chi connectivity index (χ2v) is 4.35. The van der Waals surface area contributed by atoms with Gasteiger partial charge in [-0.05, 0) is 25.1 Å². The molecule has 0 spiro atoms. The Morgan fingerprint density at radius 1 is 1.30 bits per heavy atom. The first kappa shape index (κ1) is 12.3. The number of nitrogens with zero attached hydrogens (tertiary/aromatic N) is 5. The van der Waals surface area contributed by atoms with Crippen LogP contribution in [0, 0.1) is 6.92 Å². The molecule has 0 atom stereocenters. The van der Waals surface area contributed by atoms with E-state index in [-0.39, 0.29) is 0 Å². The minimum absolute atomic E-state index is 0.461. The molecule has 0 saturated carbocycles. The molecule has 1 N–H and O–H groups in total. The van der Waals surface area contributed by atoms with Crippen molar-refractivity contribution in [3.05, 3.63) is 42.1 Å².